The molecular formula is C29H37N7S. The summed E-state index contributed by atoms with van der Waals surface area (Å²) in [5, 5.41) is 7.20. The van der Waals surface area contributed by atoms with Gasteiger partial charge in [0.25, 0.3) is 0 Å². The van der Waals surface area contributed by atoms with E-state index in [1.165, 1.54) is 30.5 Å². The molecule has 2 aliphatic heterocycles. The van der Waals surface area contributed by atoms with Crippen LogP contribution in [0.25, 0.3) is 0 Å². The van der Waals surface area contributed by atoms with Gasteiger partial charge in [-0.25, -0.2) is 0 Å². The van der Waals surface area contributed by atoms with E-state index >= 15 is 0 Å². The molecule has 2 aliphatic rings. The fourth-order valence-corrected chi connectivity index (χ4v) is 5.49. The van der Waals surface area contributed by atoms with E-state index < -0.39 is 0 Å². The van der Waals surface area contributed by atoms with Crippen molar-refractivity contribution in [2.75, 3.05) is 52.7 Å². The summed E-state index contributed by atoms with van der Waals surface area (Å²) in [7, 11) is 0. The maximum Gasteiger partial charge on any atom is 0.232 e. The second kappa shape index (κ2) is 11.8. The Morgan fingerprint density at radius 1 is 0.865 bits per heavy atom. The Bertz CT molecular complexity index is 1170. The van der Waals surface area contributed by atoms with E-state index in [0.29, 0.717) is 17.1 Å². The largest absolute Gasteiger partial charge is 0.368 e. The lowest BCUT2D eigenvalue weighted by Gasteiger charge is -2.38. The number of piperidine rings is 1. The van der Waals surface area contributed by atoms with E-state index in [0.717, 1.165) is 44.4 Å². The van der Waals surface area contributed by atoms with Gasteiger partial charge in [0.05, 0.1) is 6.04 Å². The number of nitrogens with one attached hydrogen (secondary N) is 2. The van der Waals surface area contributed by atoms with Crippen molar-refractivity contribution >= 4 is 40.6 Å². The summed E-state index contributed by atoms with van der Waals surface area (Å²) in [4.78, 5) is 17.1. The smallest absolute Gasteiger partial charge is 0.232 e. The SMILES string of the molecule is C[C@H](NC(=S)Nc1nc(N2CCN(c3ccccc3)CC2)cc(N2CCCC[C@H]2C)n1)c1ccccc1. The van der Waals surface area contributed by atoms with Crippen LogP contribution in [0.5, 0.6) is 0 Å². The Kier molecular flexibility index (Phi) is 8.04. The van der Waals surface area contributed by atoms with E-state index in [9.17, 15) is 0 Å². The van der Waals surface area contributed by atoms with Crippen molar-refractivity contribution < 1.29 is 0 Å². The second-order valence-electron chi connectivity index (χ2n) is 9.99. The fourth-order valence-electron chi connectivity index (χ4n) is 5.22. The van der Waals surface area contributed by atoms with Crippen molar-refractivity contribution in [3.05, 3.63) is 72.3 Å². The minimum atomic E-state index is 0.0806. The summed E-state index contributed by atoms with van der Waals surface area (Å²) in [6.45, 7) is 9.16. The summed E-state index contributed by atoms with van der Waals surface area (Å²) < 4.78 is 0. The molecule has 0 unspecified atom stereocenters. The van der Waals surface area contributed by atoms with Crippen molar-refractivity contribution in [1.29, 1.82) is 0 Å². The normalized spacial score (nSPS) is 18.9. The molecule has 3 aromatic rings. The molecule has 8 heteroatoms. The van der Waals surface area contributed by atoms with Gasteiger partial charge in [-0.3, -0.25) is 0 Å². The second-order valence-corrected chi connectivity index (χ2v) is 10.4. The highest BCUT2D eigenvalue weighted by Gasteiger charge is 2.24. The van der Waals surface area contributed by atoms with Crippen LogP contribution in [0.4, 0.5) is 23.3 Å². The molecule has 2 aromatic carbocycles. The van der Waals surface area contributed by atoms with Gasteiger partial charge in [-0.15, -0.1) is 0 Å². The molecule has 0 aliphatic carbocycles. The highest BCUT2D eigenvalue weighted by atomic mass is 32.1. The lowest BCUT2D eigenvalue weighted by molar-refractivity contribution is 0.481. The van der Waals surface area contributed by atoms with Gasteiger partial charge in [0.2, 0.25) is 5.95 Å². The summed E-state index contributed by atoms with van der Waals surface area (Å²) in [6.07, 6.45) is 3.65. The molecule has 2 atom stereocenters. The van der Waals surface area contributed by atoms with Gasteiger partial charge in [-0.1, -0.05) is 48.5 Å². The van der Waals surface area contributed by atoms with Crippen molar-refractivity contribution in [2.45, 2.75) is 45.2 Å². The zero-order valence-electron chi connectivity index (χ0n) is 21.8. The lowest BCUT2D eigenvalue weighted by Crippen LogP contribution is -2.47. The maximum atomic E-state index is 5.67. The van der Waals surface area contributed by atoms with Crippen LogP contribution in [0, 0.1) is 0 Å². The van der Waals surface area contributed by atoms with Gasteiger partial charge in [0, 0.05) is 50.5 Å². The summed E-state index contributed by atoms with van der Waals surface area (Å²) >= 11 is 5.67. The third-order valence-electron chi connectivity index (χ3n) is 7.39. The van der Waals surface area contributed by atoms with Gasteiger partial charge in [0.15, 0.2) is 5.11 Å². The molecule has 7 nitrogen and oxygen atoms in total. The highest BCUT2D eigenvalue weighted by Crippen LogP contribution is 2.28. The van der Waals surface area contributed by atoms with Gasteiger partial charge in [0.1, 0.15) is 11.6 Å². The van der Waals surface area contributed by atoms with E-state index in [2.05, 4.69) is 87.7 Å². The predicted molar refractivity (Wildman–Crippen MR) is 158 cm³/mol. The molecule has 3 heterocycles. The number of piperazine rings is 1. The van der Waals surface area contributed by atoms with Gasteiger partial charge >= 0.3 is 0 Å². The molecule has 0 amide bonds. The van der Waals surface area contributed by atoms with E-state index in [1.807, 2.05) is 18.2 Å². The molecule has 0 bridgehead atoms. The van der Waals surface area contributed by atoms with Crippen LogP contribution in [0.2, 0.25) is 0 Å². The molecule has 0 spiro atoms. The molecule has 194 valence electrons. The first-order chi connectivity index (χ1) is 18.1. The molecule has 37 heavy (non-hydrogen) atoms. The minimum absolute atomic E-state index is 0.0806. The van der Waals surface area contributed by atoms with Crippen LogP contribution < -0.4 is 25.3 Å². The van der Waals surface area contributed by atoms with Crippen LogP contribution in [0.1, 0.15) is 44.7 Å². The van der Waals surface area contributed by atoms with Gasteiger partial charge < -0.3 is 25.3 Å². The van der Waals surface area contributed by atoms with E-state index in [1.54, 1.807) is 0 Å². The van der Waals surface area contributed by atoms with Crippen molar-refractivity contribution in [1.82, 2.24) is 15.3 Å². The highest BCUT2D eigenvalue weighted by molar-refractivity contribution is 7.80. The molecule has 2 fully saturated rings. The zero-order valence-corrected chi connectivity index (χ0v) is 22.6. The monoisotopic (exact) mass is 515 g/mol. The summed E-state index contributed by atoms with van der Waals surface area (Å²) in [5.41, 5.74) is 2.46. The van der Waals surface area contributed by atoms with Crippen LogP contribution in [-0.4, -0.2) is 53.8 Å². The molecule has 0 saturated carbocycles. The van der Waals surface area contributed by atoms with Crippen molar-refractivity contribution in [3.8, 4) is 0 Å². The molecule has 5 rings (SSSR count). The zero-order chi connectivity index (χ0) is 25.6. The van der Waals surface area contributed by atoms with Crippen molar-refractivity contribution in [2.24, 2.45) is 0 Å². The van der Waals surface area contributed by atoms with Crippen LogP contribution in [0.3, 0.4) is 0 Å². The van der Waals surface area contributed by atoms with Crippen molar-refractivity contribution in [3.63, 3.8) is 0 Å². The van der Waals surface area contributed by atoms with Crippen LogP contribution in [-0.2, 0) is 0 Å². The number of benzene rings is 2. The lowest BCUT2D eigenvalue weighted by atomic mass is 10.0. The Morgan fingerprint density at radius 2 is 1.51 bits per heavy atom. The number of hydrogen-bond acceptors (Lipinski definition) is 6. The number of para-hydroxylation sites is 1. The molecule has 1 aromatic heterocycles. The predicted octanol–water partition coefficient (Wildman–Crippen LogP) is 5.23. The molecular weight excluding hydrogens is 478 g/mol. The first-order valence-corrected chi connectivity index (χ1v) is 13.8. The quantitative estimate of drug-likeness (QED) is 0.433. The first-order valence-electron chi connectivity index (χ1n) is 13.4. The third-order valence-corrected chi connectivity index (χ3v) is 7.61. The molecule has 0 radical (unpaired) electrons. The number of anilines is 4. The Balaban J connectivity index is 1.33. The maximum absolute atomic E-state index is 5.67. The number of aromatic nitrogens is 2. The first kappa shape index (κ1) is 25.3. The number of thiocarbonyl (C=S) groups is 1. The third kappa shape index (κ3) is 6.31. The van der Waals surface area contributed by atoms with E-state index in [-0.39, 0.29) is 6.04 Å². The number of hydrogen-bond donors (Lipinski definition) is 2. The van der Waals surface area contributed by atoms with Crippen LogP contribution in [0.15, 0.2) is 66.7 Å². The van der Waals surface area contributed by atoms with Gasteiger partial charge in [-0.05, 0) is 63.0 Å². The Labute approximate surface area is 225 Å². The summed E-state index contributed by atoms with van der Waals surface area (Å²) in [6, 6.07) is 23.6. The number of nitrogens with zero attached hydrogens (tertiary/aromatic N) is 5. The Morgan fingerprint density at radius 3 is 2.22 bits per heavy atom. The average molecular weight is 516 g/mol. The van der Waals surface area contributed by atoms with Crippen LogP contribution >= 0.6 is 12.2 Å². The number of rotatable bonds is 6. The molecule has 2 saturated heterocycles. The topological polar surface area (TPSA) is 59.6 Å². The fraction of sp³-hybridized carbons (Fsp3) is 0.414. The Hall–Kier alpha value is -3.39. The van der Waals surface area contributed by atoms with E-state index in [4.69, 9.17) is 22.2 Å². The summed E-state index contributed by atoms with van der Waals surface area (Å²) in [5.74, 6) is 2.48. The minimum Gasteiger partial charge on any atom is -0.368 e. The average Bonchev–Trinajstić information content (AvgIpc) is 2.94. The molecule has 2 N–H and O–H groups in total. The van der Waals surface area contributed by atoms with Gasteiger partial charge in [-0.2, -0.15) is 9.97 Å². The standard InChI is InChI=1S/C29H37N7S/c1-22-11-9-10-16-36(22)27-21-26(35-19-17-34(18-20-35)25-14-7-4-8-15-25)31-28(32-27)33-29(37)30-23(2)24-12-5-3-6-13-24/h3-8,12-15,21-23H,9-11,16-20H2,1-2H3,(H2,30,31,32,33,37)/t22-,23+/m1/s1.